The van der Waals surface area contributed by atoms with Crippen molar-refractivity contribution in [2.45, 2.75) is 39.6 Å². The first kappa shape index (κ1) is 20.6. The van der Waals surface area contributed by atoms with E-state index in [0.29, 0.717) is 31.5 Å². The third-order valence-electron chi connectivity index (χ3n) is 4.30. The summed E-state index contributed by atoms with van der Waals surface area (Å²) in [7, 11) is 1.75. The molecular formula is C23H28N4O2. The maximum atomic E-state index is 5.63. The molecular weight excluding hydrogens is 364 g/mol. The van der Waals surface area contributed by atoms with Crippen molar-refractivity contribution in [1.29, 1.82) is 0 Å². The van der Waals surface area contributed by atoms with Gasteiger partial charge in [-0.25, -0.2) is 4.98 Å². The number of nitrogens with zero attached hydrogens (tertiary/aromatic N) is 2. The van der Waals surface area contributed by atoms with Crippen molar-refractivity contribution in [3.8, 4) is 11.5 Å². The number of oxazole rings is 1. The third-order valence-corrected chi connectivity index (χ3v) is 4.30. The highest BCUT2D eigenvalue weighted by molar-refractivity contribution is 5.79. The van der Waals surface area contributed by atoms with E-state index in [1.807, 2.05) is 44.2 Å². The van der Waals surface area contributed by atoms with E-state index >= 15 is 0 Å². The van der Waals surface area contributed by atoms with Gasteiger partial charge in [-0.3, -0.25) is 4.99 Å². The molecule has 2 aromatic carbocycles. The number of hydrogen-bond acceptors (Lipinski definition) is 4. The lowest BCUT2D eigenvalue weighted by atomic mass is 10.1. The monoisotopic (exact) mass is 392 g/mol. The quantitative estimate of drug-likeness (QED) is 0.445. The zero-order valence-electron chi connectivity index (χ0n) is 17.2. The minimum Gasteiger partial charge on any atom is -0.444 e. The van der Waals surface area contributed by atoms with E-state index < -0.39 is 0 Å². The van der Waals surface area contributed by atoms with Crippen molar-refractivity contribution in [2.24, 2.45) is 4.99 Å². The number of guanidine groups is 1. The molecule has 0 amide bonds. The minimum atomic E-state index is 0.235. The third kappa shape index (κ3) is 6.47. The molecule has 0 unspecified atom stereocenters. The highest BCUT2D eigenvalue weighted by Gasteiger charge is 2.07. The molecule has 0 radical (unpaired) electrons. The predicted octanol–water partition coefficient (Wildman–Crippen LogP) is 4.13. The van der Waals surface area contributed by atoms with E-state index in [1.54, 1.807) is 13.3 Å². The fourth-order valence-corrected chi connectivity index (χ4v) is 2.70. The Hall–Kier alpha value is -3.12. The van der Waals surface area contributed by atoms with Crippen LogP contribution >= 0.6 is 0 Å². The number of ether oxygens (including phenoxy) is 1. The molecule has 152 valence electrons. The fraction of sp³-hybridized carbons (Fsp3) is 0.304. The molecule has 0 spiro atoms. The summed E-state index contributed by atoms with van der Waals surface area (Å²) in [6.45, 7) is 5.93. The summed E-state index contributed by atoms with van der Waals surface area (Å²) >= 11 is 0. The first-order valence-corrected chi connectivity index (χ1v) is 9.78. The molecule has 0 aliphatic rings. The van der Waals surface area contributed by atoms with E-state index in [-0.39, 0.29) is 6.10 Å². The van der Waals surface area contributed by atoms with Gasteiger partial charge < -0.3 is 19.8 Å². The lowest BCUT2D eigenvalue weighted by Gasteiger charge is -2.12. The summed E-state index contributed by atoms with van der Waals surface area (Å²) in [5, 5.41) is 6.57. The van der Waals surface area contributed by atoms with Gasteiger partial charge in [0.15, 0.2) is 5.96 Å². The van der Waals surface area contributed by atoms with Gasteiger partial charge in [-0.1, -0.05) is 42.5 Å². The molecule has 0 aliphatic carbocycles. The Morgan fingerprint density at radius 3 is 2.38 bits per heavy atom. The van der Waals surface area contributed by atoms with Crippen LogP contribution in [0.3, 0.4) is 0 Å². The number of benzene rings is 2. The van der Waals surface area contributed by atoms with Gasteiger partial charge in [0.25, 0.3) is 0 Å². The largest absolute Gasteiger partial charge is 0.444 e. The number of aliphatic imine (C=N–C) groups is 1. The summed E-state index contributed by atoms with van der Waals surface area (Å²) in [6.07, 6.45) is 1.90. The second kappa shape index (κ2) is 10.4. The Kier molecular flexibility index (Phi) is 7.41. The number of aromatic nitrogens is 1. The van der Waals surface area contributed by atoms with E-state index in [4.69, 9.17) is 9.15 Å². The zero-order valence-corrected chi connectivity index (χ0v) is 17.2. The van der Waals surface area contributed by atoms with Crippen LogP contribution in [0.15, 0.2) is 70.3 Å². The maximum Gasteiger partial charge on any atom is 0.226 e. The number of nitrogens with one attached hydrogen (secondary N) is 2. The summed E-state index contributed by atoms with van der Waals surface area (Å²) < 4.78 is 11.2. The van der Waals surface area contributed by atoms with Gasteiger partial charge in [0.05, 0.1) is 24.9 Å². The summed E-state index contributed by atoms with van der Waals surface area (Å²) in [5.41, 5.74) is 4.13. The lowest BCUT2D eigenvalue weighted by molar-refractivity contribution is 0.0657. The molecule has 0 saturated heterocycles. The van der Waals surface area contributed by atoms with Crippen LogP contribution in [-0.4, -0.2) is 24.1 Å². The van der Waals surface area contributed by atoms with Crippen molar-refractivity contribution in [1.82, 2.24) is 15.6 Å². The first-order chi connectivity index (χ1) is 14.1. The molecule has 0 saturated carbocycles. The average molecular weight is 393 g/mol. The van der Waals surface area contributed by atoms with Crippen LogP contribution in [-0.2, 0) is 24.4 Å². The lowest BCUT2D eigenvalue weighted by Crippen LogP contribution is -2.36. The van der Waals surface area contributed by atoms with Gasteiger partial charge >= 0.3 is 0 Å². The molecule has 0 fully saturated rings. The molecule has 6 heteroatoms. The van der Waals surface area contributed by atoms with Crippen molar-refractivity contribution in [3.05, 3.63) is 77.7 Å². The van der Waals surface area contributed by atoms with E-state index in [9.17, 15) is 0 Å². The van der Waals surface area contributed by atoms with E-state index in [0.717, 1.165) is 11.3 Å². The normalized spacial score (nSPS) is 11.7. The van der Waals surface area contributed by atoms with E-state index in [2.05, 4.69) is 44.9 Å². The molecule has 0 bridgehead atoms. The summed E-state index contributed by atoms with van der Waals surface area (Å²) in [4.78, 5) is 8.79. The van der Waals surface area contributed by atoms with Crippen LogP contribution in [0.1, 0.15) is 30.7 Å². The van der Waals surface area contributed by atoms with Crippen LogP contribution in [0.25, 0.3) is 11.5 Å². The Bertz CT molecular complexity index is 902. The molecule has 3 rings (SSSR count). The Balaban J connectivity index is 1.47. The van der Waals surface area contributed by atoms with Crippen LogP contribution in [0.2, 0.25) is 0 Å². The van der Waals surface area contributed by atoms with Gasteiger partial charge in [-0.15, -0.1) is 0 Å². The molecule has 29 heavy (non-hydrogen) atoms. The molecule has 3 aromatic rings. The maximum absolute atomic E-state index is 5.63. The Labute approximate surface area is 172 Å². The van der Waals surface area contributed by atoms with Crippen molar-refractivity contribution in [3.63, 3.8) is 0 Å². The first-order valence-electron chi connectivity index (χ1n) is 9.78. The van der Waals surface area contributed by atoms with Gasteiger partial charge in [0, 0.05) is 19.2 Å². The van der Waals surface area contributed by atoms with Crippen molar-refractivity contribution < 1.29 is 9.15 Å². The molecule has 0 aliphatic heterocycles. The molecule has 1 heterocycles. The Morgan fingerprint density at radius 1 is 1.00 bits per heavy atom. The fourth-order valence-electron chi connectivity index (χ4n) is 2.70. The molecule has 1 aromatic heterocycles. The van der Waals surface area contributed by atoms with Gasteiger partial charge in [0.2, 0.25) is 5.89 Å². The van der Waals surface area contributed by atoms with E-state index in [1.165, 1.54) is 11.1 Å². The summed E-state index contributed by atoms with van der Waals surface area (Å²) in [6, 6.07) is 18.2. The minimum absolute atomic E-state index is 0.235. The molecule has 6 nitrogen and oxygen atoms in total. The van der Waals surface area contributed by atoms with Crippen LogP contribution in [0.5, 0.6) is 0 Å². The van der Waals surface area contributed by atoms with Gasteiger partial charge in [0.1, 0.15) is 6.26 Å². The number of hydrogen-bond donors (Lipinski definition) is 2. The van der Waals surface area contributed by atoms with Crippen LogP contribution < -0.4 is 10.6 Å². The topological polar surface area (TPSA) is 71.7 Å². The SMILES string of the molecule is CN=C(NCc1ccc(COC(C)C)cc1)NCc1coc(-c2ccccc2)n1. The van der Waals surface area contributed by atoms with Crippen molar-refractivity contribution >= 4 is 5.96 Å². The molecule has 0 atom stereocenters. The van der Waals surface area contributed by atoms with Crippen LogP contribution in [0.4, 0.5) is 0 Å². The Morgan fingerprint density at radius 2 is 1.69 bits per heavy atom. The predicted molar refractivity (Wildman–Crippen MR) is 115 cm³/mol. The highest BCUT2D eigenvalue weighted by Crippen LogP contribution is 2.17. The number of rotatable bonds is 8. The van der Waals surface area contributed by atoms with Crippen molar-refractivity contribution in [2.75, 3.05) is 7.05 Å². The second-order valence-electron chi connectivity index (χ2n) is 6.97. The summed E-state index contributed by atoms with van der Waals surface area (Å²) in [5.74, 6) is 1.33. The van der Waals surface area contributed by atoms with Gasteiger partial charge in [-0.2, -0.15) is 0 Å². The van der Waals surface area contributed by atoms with Crippen LogP contribution in [0, 0.1) is 0 Å². The standard InChI is InChI=1S/C23H28N4O2/c1-17(2)28-15-19-11-9-18(10-12-19)13-25-23(24-3)26-14-21-16-29-22(27-21)20-7-5-4-6-8-20/h4-12,16-17H,13-15H2,1-3H3,(H2,24,25,26). The molecule has 2 N–H and O–H groups in total. The zero-order chi connectivity index (χ0) is 20.5. The van der Waals surface area contributed by atoms with Gasteiger partial charge in [-0.05, 0) is 37.1 Å². The average Bonchev–Trinajstić information content (AvgIpc) is 3.23. The smallest absolute Gasteiger partial charge is 0.226 e. The second-order valence-corrected chi connectivity index (χ2v) is 6.97. The highest BCUT2D eigenvalue weighted by atomic mass is 16.5.